The summed E-state index contributed by atoms with van der Waals surface area (Å²) >= 11 is 0. The predicted molar refractivity (Wildman–Crippen MR) is 106 cm³/mol. The number of H-pyrrole nitrogens is 1. The summed E-state index contributed by atoms with van der Waals surface area (Å²) in [6.07, 6.45) is 3.53. The molecule has 0 bridgehead atoms. The quantitative estimate of drug-likeness (QED) is 0.730. The second-order valence-electron chi connectivity index (χ2n) is 7.13. The van der Waals surface area contributed by atoms with Gasteiger partial charge < -0.3 is 9.64 Å². The van der Waals surface area contributed by atoms with Crippen molar-refractivity contribution < 1.29 is 9.53 Å². The number of aromatic amines is 1. The van der Waals surface area contributed by atoms with E-state index in [1.165, 1.54) is 6.42 Å². The van der Waals surface area contributed by atoms with Crippen molar-refractivity contribution in [3.8, 4) is 11.5 Å². The van der Waals surface area contributed by atoms with Crippen LogP contribution in [0.2, 0.25) is 0 Å². The molecule has 2 aliphatic heterocycles. The van der Waals surface area contributed by atoms with Crippen LogP contribution in [0.15, 0.2) is 48.5 Å². The molecule has 2 aromatic carbocycles. The summed E-state index contributed by atoms with van der Waals surface area (Å²) in [5.74, 6) is 1.78. The van der Waals surface area contributed by atoms with Crippen LogP contribution in [0.3, 0.4) is 0 Å². The Morgan fingerprint density at radius 2 is 1.64 bits per heavy atom. The van der Waals surface area contributed by atoms with Gasteiger partial charge in [-0.05, 0) is 31.4 Å². The van der Waals surface area contributed by atoms with Crippen LogP contribution in [0, 0.1) is 0 Å². The predicted octanol–water partition coefficient (Wildman–Crippen LogP) is 3.67. The van der Waals surface area contributed by atoms with Crippen LogP contribution >= 0.6 is 0 Å². The smallest absolute Gasteiger partial charge is 0.246 e. The van der Waals surface area contributed by atoms with E-state index in [1.807, 2.05) is 48.5 Å². The summed E-state index contributed by atoms with van der Waals surface area (Å²) in [6, 6.07) is 15.3. The van der Waals surface area contributed by atoms with Crippen LogP contribution in [0.25, 0.3) is 0 Å². The topological polar surface area (TPSA) is 83.1 Å². The van der Waals surface area contributed by atoms with Gasteiger partial charge in [0.05, 0.1) is 5.92 Å². The molecule has 2 aliphatic rings. The largest absolute Gasteiger partial charge is 0.457 e. The number of fused-ring (bicyclic) bond motifs is 2. The van der Waals surface area contributed by atoms with Crippen LogP contribution in [-0.4, -0.2) is 34.2 Å². The first-order chi connectivity index (χ1) is 13.8. The lowest BCUT2D eigenvalue weighted by Crippen LogP contribution is -2.30. The SMILES string of the molecule is O=C(Nc1nc(N2CCCCC2)n[nH]1)C1c2ccccc2Oc2ccccc21. The average molecular weight is 375 g/mol. The second kappa shape index (κ2) is 6.99. The molecule has 3 aromatic rings. The van der Waals surface area contributed by atoms with Crippen LogP contribution < -0.4 is 15.0 Å². The zero-order chi connectivity index (χ0) is 18.9. The molecule has 0 saturated carbocycles. The van der Waals surface area contributed by atoms with Gasteiger partial charge in [0, 0.05) is 24.2 Å². The highest BCUT2D eigenvalue weighted by Gasteiger charge is 2.33. The fourth-order valence-corrected chi connectivity index (χ4v) is 3.93. The number of rotatable bonds is 3. The molecule has 1 amide bonds. The molecule has 142 valence electrons. The van der Waals surface area contributed by atoms with E-state index in [9.17, 15) is 4.79 Å². The first-order valence-corrected chi connectivity index (χ1v) is 9.63. The van der Waals surface area contributed by atoms with Gasteiger partial charge in [0.15, 0.2) is 0 Å². The van der Waals surface area contributed by atoms with E-state index in [-0.39, 0.29) is 5.91 Å². The number of ether oxygens (including phenoxy) is 1. The van der Waals surface area contributed by atoms with Gasteiger partial charge in [0.2, 0.25) is 17.8 Å². The molecule has 2 N–H and O–H groups in total. The maximum atomic E-state index is 13.2. The van der Waals surface area contributed by atoms with E-state index in [2.05, 4.69) is 25.4 Å². The number of piperidine rings is 1. The van der Waals surface area contributed by atoms with E-state index in [0.29, 0.717) is 23.4 Å². The van der Waals surface area contributed by atoms with Crippen LogP contribution in [-0.2, 0) is 4.79 Å². The Bertz CT molecular complexity index is 964. The fourth-order valence-electron chi connectivity index (χ4n) is 3.93. The zero-order valence-electron chi connectivity index (χ0n) is 15.4. The van der Waals surface area contributed by atoms with Crippen LogP contribution in [0.4, 0.5) is 11.9 Å². The number of aromatic nitrogens is 3. The van der Waals surface area contributed by atoms with Crippen LogP contribution in [0.1, 0.15) is 36.3 Å². The Balaban J connectivity index is 1.42. The molecule has 1 saturated heterocycles. The first-order valence-electron chi connectivity index (χ1n) is 9.63. The zero-order valence-corrected chi connectivity index (χ0v) is 15.4. The monoisotopic (exact) mass is 375 g/mol. The molecule has 3 heterocycles. The van der Waals surface area contributed by atoms with Gasteiger partial charge in [-0.25, -0.2) is 5.10 Å². The van der Waals surface area contributed by atoms with E-state index in [0.717, 1.165) is 37.1 Å². The van der Waals surface area contributed by atoms with Gasteiger partial charge in [-0.1, -0.05) is 36.4 Å². The minimum Gasteiger partial charge on any atom is -0.457 e. The Kier molecular flexibility index (Phi) is 4.20. The lowest BCUT2D eigenvalue weighted by Gasteiger charge is -2.27. The molecular formula is C21H21N5O2. The maximum absolute atomic E-state index is 13.2. The third kappa shape index (κ3) is 2.98. The highest BCUT2D eigenvalue weighted by molar-refractivity contribution is 5.98. The van der Waals surface area contributed by atoms with Gasteiger partial charge in [-0.3, -0.25) is 10.1 Å². The summed E-state index contributed by atoms with van der Waals surface area (Å²) < 4.78 is 5.97. The number of nitrogens with zero attached hydrogens (tertiary/aromatic N) is 3. The first kappa shape index (κ1) is 16.8. The number of para-hydroxylation sites is 2. The normalized spacial score (nSPS) is 16.1. The number of carbonyl (C=O) groups is 1. The Labute approximate surface area is 162 Å². The molecule has 1 fully saturated rings. The van der Waals surface area contributed by atoms with Gasteiger partial charge in [-0.2, -0.15) is 4.98 Å². The molecule has 7 nitrogen and oxygen atoms in total. The molecule has 28 heavy (non-hydrogen) atoms. The van der Waals surface area contributed by atoms with Crippen molar-refractivity contribution in [3.05, 3.63) is 59.7 Å². The van der Waals surface area contributed by atoms with Gasteiger partial charge in [0.25, 0.3) is 0 Å². The molecule has 1 aromatic heterocycles. The number of benzene rings is 2. The molecule has 0 atom stereocenters. The van der Waals surface area contributed by atoms with E-state index in [4.69, 9.17) is 4.74 Å². The third-order valence-corrected chi connectivity index (χ3v) is 5.30. The third-order valence-electron chi connectivity index (χ3n) is 5.30. The Hall–Kier alpha value is -3.35. The van der Waals surface area contributed by atoms with Crippen molar-refractivity contribution in [2.45, 2.75) is 25.2 Å². The molecule has 0 unspecified atom stereocenters. The van der Waals surface area contributed by atoms with E-state index >= 15 is 0 Å². The van der Waals surface area contributed by atoms with Crippen molar-refractivity contribution in [1.82, 2.24) is 15.2 Å². The number of hydrogen-bond acceptors (Lipinski definition) is 5. The Morgan fingerprint density at radius 3 is 2.32 bits per heavy atom. The van der Waals surface area contributed by atoms with Crippen molar-refractivity contribution in [2.75, 3.05) is 23.3 Å². The minimum absolute atomic E-state index is 0.162. The van der Waals surface area contributed by atoms with Crippen molar-refractivity contribution in [3.63, 3.8) is 0 Å². The molecule has 0 spiro atoms. The van der Waals surface area contributed by atoms with Gasteiger partial charge in [-0.15, -0.1) is 5.10 Å². The molecular weight excluding hydrogens is 354 g/mol. The number of anilines is 2. The lowest BCUT2D eigenvalue weighted by molar-refractivity contribution is -0.116. The highest BCUT2D eigenvalue weighted by Crippen LogP contribution is 2.44. The van der Waals surface area contributed by atoms with Crippen molar-refractivity contribution >= 4 is 17.8 Å². The number of hydrogen-bond donors (Lipinski definition) is 2. The summed E-state index contributed by atoms with van der Waals surface area (Å²) in [5.41, 5.74) is 1.68. The number of amides is 1. The van der Waals surface area contributed by atoms with Gasteiger partial charge >= 0.3 is 0 Å². The molecule has 0 radical (unpaired) electrons. The Morgan fingerprint density at radius 1 is 1.00 bits per heavy atom. The summed E-state index contributed by atoms with van der Waals surface area (Å²) in [5, 5.41) is 10.0. The van der Waals surface area contributed by atoms with Gasteiger partial charge in [0.1, 0.15) is 11.5 Å². The van der Waals surface area contributed by atoms with Crippen LogP contribution in [0.5, 0.6) is 11.5 Å². The number of nitrogens with one attached hydrogen (secondary N) is 2. The maximum Gasteiger partial charge on any atom is 0.246 e. The fraction of sp³-hybridized carbons (Fsp3) is 0.286. The van der Waals surface area contributed by atoms with E-state index < -0.39 is 5.92 Å². The molecule has 5 rings (SSSR count). The summed E-state index contributed by atoms with van der Waals surface area (Å²) in [4.78, 5) is 19.8. The summed E-state index contributed by atoms with van der Waals surface area (Å²) in [6.45, 7) is 1.90. The number of carbonyl (C=O) groups excluding carboxylic acids is 1. The molecule has 0 aliphatic carbocycles. The van der Waals surface area contributed by atoms with Crippen molar-refractivity contribution in [2.24, 2.45) is 0 Å². The highest BCUT2D eigenvalue weighted by atomic mass is 16.5. The molecule has 7 heteroatoms. The van der Waals surface area contributed by atoms with Crippen molar-refractivity contribution in [1.29, 1.82) is 0 Å². The average Bonchev–Trinajstić information content (AvgIpc) is 3.21. The second-order valence-corrected chi connectivity index (χ2v) is 7.13. The minimum atomic E-state index is -0.468. The summed E-state index contributed by atoms with van der Waals surface area (Å²) in [7, 11) is 0. The van der Waals surface area contributed by atoms with E-state index in [1.54, 1.807) is 0 Å². The lowest BCUT2D eigenvalue weighted by atomic mass is 9.87. The standard InChI is InChI=1S/C21H21N5O2/c27-19(22-20-23-21(25-24-20)26-12-6-1-7-13-26)18-14-8-2-4-10-16(14)28-17-11-5-3-9-15(17)18/h2-5,8-11,18H,1,6-7,12-13H2,(H2,22,23,24,25,27).